The van der Waals surface area contributed by atoms with Crippen molar-refractivity contribution in [3.05, 3.63) is 42.0 Å². The van der Waals surface area contributed by atoms with Crippen LogP contribution in [-0.2, 0) is 0 Å². The molecule has 0 atom stereocenters. The maximum Gasteiger partial charge on any atom is 0.276 e. The first-order chi connectivity index (χ1) is 12.5. The molecule has 4 aromatic rings. The molecule has 0 unspecified atom stereocenters. The molecule has 1 N–H and O–H groups in total. The fourth-order valence-corrected chi connectivity index (χ4v) is 3.45. The maximum absolute atomic E-state index is 12.7. The SMILES string of the molecule is COc1ccc2sc(NC(=O)c3cc(C(C)C)n4ncnc4n3)nc2c1. The molecule has 4 rings (SSSR count). The molecule has 132 valence electrons. The number of carbonyl (C=O) groups excluding carboxylic acids is 1. The first-order valence-corrected chi connectivity index (χ1v) is 8.83. The first-order valence-electron chi connectivity index (χ1n) is 8.02. The van der Waals surface area contributed by atoms with Gasteiger partial charge in [0.1, 0.15) is 17.8 Å². The van der Waals surface area contributed by atoms with Crippen molar-refractivity contribution >= 4 is 38.4 Å². The van der Waals surface area contributed by atoms with Crippen LogP contribution >= 0.6 is 11.3 Å². The fourth-order valence-electron chi connectivity index (χ4n) is 2.61. The molecular weight excluding hydrogens is 352 g/mol. The lowest BCUT2D eigenvalue weighted by Crippen LogP contribution is -2.16. The highest BCUT2D eigenvalue weighted by Crippen LogP contribution is 2.29. The molecule has 0 aliphatic carbocycles. The van der Waals surface area contributed by atoms with E-state index in [4.69, 9.17) is 4.74 Å². The van der Waals surface area contributed by atoms with Crippen molar-refractivity contribution in [3.63, 3.8) is 0 Å². The zero-order valence-electron chi connectivity index (χ0n) is 14.4. The van der Waals surface area contributed by atoms with E-state index in [2.05, 4.69) is 25.4 Å². The van der Waals surface area contributed by atoms with Gasteiger partial charge in [0.15, 0.2) is 5.13 Å². The predicted molar refractivity (Wildman–Crippen MR) is 99.0 cm³/mol. The summed E-state index contributed by atoms with van der Waals surface area (Å²) in [5.41, 5.74) is 1.92. The number of nitrogens with one attached hydrogen (secondary N) is 1. The van der Waals surface area contributed by atoms with Gasteiger partial charge in [-0.3, -0.25) is 10.1 Å². The van der Waals surface area contributed by atoms with Crippen molar-refractivity contribution in [1.82, 2.24) is 24.6 Å². The summed E-state index contributed by atoms with van der Waals surface area (Å²) >= 11 is 1.40. The van der Waals surface area contributed by atoms with Crippen molar-refractivity contribution in [2.45, 2.75) is 19.8 Å². The summed E-state index contributed by atoms with van der Waals surface area (Å²) < 4.78 is 7.81. The Labute approximate surface area is 152 Å². The number of methoxy groups -OCH3 is 1. The number of rotatable bonds is 4. The summed E-state index contributed by atoms with van der Waals surface area (Å²) in [6.07, 6.45) is 1.43. The van der Waals surface area contributed by atoms with Gasteiger partial charge in [0.05, 0.1) is 23.0 Å². The number of anilines is 1. The number of amides is 1. The summed E-state index contributed by atoms with van der Waals surface area (Å²) in [5, 5.41) is 7.48. The number of hydrogen-bond donors (Lipinski definition) is 1. The second-order valence-corrected chi connectivity index (χ2v) is 7.03. The van der Waals surface area contributed by atoms with Crippen LogP contribution in [-0.4, -0.2) is 37.6 Å². The zero-order valence-corrected chi connectivity index (χ0v) is 15.2. The summed E-state index contributed by atoms with van der Waals surface area (Å²) in [6.45, 7) is 4.05. The van der Waals surface area contributed by atoms with E-state index >= 15 is 0 Å². The van der Waals surface area contributed by atoms with Crippen LogP contribution in [0.25, 0.3) is 16.0 Å². The number of ether oxygens (including phenoxy) is 1. The minimum absolute atomic E-state index is 0.170. The average Bonchev–Trinajstić information content (AvgIpc) is 3.25. The van der Waals surface area contributed by atoms with Crippen LogP contribution in [0.2, 0.25) is 0 Å². The molecule has 0 aliphatic rings. The molecule has 3 heterocycles. The molecule has 0 saturated heterocycles. The Hall–Kier alpha value is -3.07. The molecule has 0 radical (unpaired) electrons. The van der Waals surface area contributed by atoms with E-state index in [1.54, 1.807) is 17.7 Å². The largest absolute Gasteiger partial charge is 0.497 e. The van der Waals surface area contributed by atoms with Crippen molar-refractivity contribution in [2.75, 3.05) is 12.4 Å². The average molecular weight is 368 g/mol. The molecule has 0 bridgehead atoms. The molecule has 0 fully saturated rings. The van der Waals surface area contributed by atoms with Crippen LogP contribution in [0.1, 0.15) is 35.9 Å². The highest BCUT2D eigenvalue weighted by molar-refractivity contribution is 7.22. The van der Waals surface area contributed by atoms with Gasteiger partial charge in [-0.25, -0.2) is 14.5 Å². The van der Waals surface area contributed by atoms with Crippen LogP contribution in [0.5, 0.6) is 5.75 Å². The van der Waals surface area contributed by atoms with Gasteiger partial charge in [-0.05, 0) is 24.1 Å². The van der Waals surface area contributed by atoms with E-state index in [1.165, 1.54) is 17.7 Å². The van der Waals surface area contributed by atoms with Gasteiger partial charge in [-0.15, -0.1) is 0 Å². The summed E-state index contributed by atoms with van der Waals surface area (Å²) in [7, 11) is 1.61. The summed E-state index contributed by atoms with van der Waals surface area (Å²) in [6, 6.07) is 7.34. The number of benzene rings is 1. The molecule has 0 aliphatic heterocycles. The van der Waals surface area contributed by atoms with Gasteiger partial charge >= 0.3 is 0 Å². The first kappa shape index (κ1) is 16.4. The third-order valence-corrected chi connectivity index (χ3v) is 4.87. The van der Waals surface area contributed by atoms with Crippen molar-refractivity contribution in [1.29, 1.82) is 0 Å². The quantitative estimate of drug-likeness (QED) is 0.595. The third kappa shape index (κ3) is 2.86. The molecule has 1 aromatic carbocycles. The smallest absolute Gasteiger partial charge is 0.276 e. The van der Waals surface area contributed by atoms with Crippen LogP contribution in [0.4, 0.5) is 5.13 Å². The van der Waals surface area contributed by atoms with Gasteiger partial charge < -0.3 is 4.74 Å². The highest BCUT2D eigenvalue weighted by atomic mass is 32.1. The van der Waals surface area contributed by atoms with E-state index in [-0.39, 0.29) is 17.5 Å². The molecule has 3 aromatic heterocycles. The predicted octanol–water partition coefficient (Wildman–Crippen LogP) is 3.12. The zero-order chi connectivity index (χ0) is 18.3. The van der Waals surface area contributed by atoms with Gasteiger partial charge in [0.2, 0.25) is 0 Å². The Morgan fingerprint density at radius 2 is 2.12 bits per heavy atom. The Morgan fingerprint density at radius 3 is 2.88 bits per heavy atom. The maximum atomic E-state index is 12.7. The standard InChI is InChI=1S/C17H16N6O2S/c1-9(2)13-7-12(20-16-18-8-19-23(13)16)15(24)22-17-21-11-6-10(25-3)4-5-14(11)26-17/h4-9H,1-3H3,(H,21,22,24). The Bertz CT molecular complexity index is 1120. The molecule has 1 amide bonds. The fraction of sp³-hybridized carbons (Fsp3) is 0.235. The van der Waals surface area contributed by atoms with Gasteiger partial charge in [0, 0.05) is 6.07 Å². The number of thiazole rings is 1. The number of aromatic nitrogens is 5. The van der Waals surface area contributed by atoms with Crippen LogP contribution < -0.4 is 10.1 Å². The highest BCUT2D eigenvalue weighted by Gasteiger charge is 2.17. The number of carbonyl (C=O) groups is 1. The minimum atomic E-state index is -0.330. The van der Waals surface area contributed by atoms with Gasteiger partial charge in [-0.2, -0.15) is 10.1 Å². The van der Waals surface area contributed by atoms with Crippen LogP contribution in [0, 0.1) is 0 Å². The number of fused-ring (bicyclic) bond motifs is 2. The number of nitrogens with zero attached hydrogens (tertiary/aromatic N) is 5. The lowest BCUT2D eigenvalue weighted by atomic mass is 10.1. The van der Waals surface area contributed by atoms with Crippen molar-refractivity contribution < 1.29 is 9.53 Å². The van der Waals surface area contributed by atoms with E-state index in [9.17, 15) is 4.79 Å². The topological polar surface area (TPSA) is 94.3 Å². The Morgan fingerprint density at radius 1 is 1.27 bits per heavy atom. The van der Waals surface area contributed by atoms with E-state index in [0.717, 1.165) is 21.7 Å². The molecule has 26 heavy (non-hydrogen) atoms. The molecular formula is C17H16N6O2S. The monoisotopic (exact) mass is 368 g/mol. The lowest BCUT2D eigenvalue weighted by molar-refractivity contribution is 0.102. The second kappa shape index (κ2) is 6.34. The normalized spacial score (nSPS) is 11.4. The Kier molecular flexibility index (Phi) is 4.00. The second-order valence-electron chi connectivity index (χ2n) is 6.00. The summed E-state index contributed by atoms with van der Waals surface area (Å²) in [5.74, 6) is 0.962. The Balaban J connectivity index is 1.67. The molecule has 0 saturated carbocycles. The van der Waals surface area contributed by atoms with Gasteiger partial charge in [0.25, 0.3) is 11.7 Å². The molecule has 9 heteroatoms. The van der Waals surface area contributed by atoms with Crippen LogP contribution in [0.3, 0.4) is 0 Å². The van der Waals surface area contributed by atoms with Crippen molar-refractivity contribution in [3.8, 4) is 5.75 Å². The molecule has 8 nitrogen and oxygen atoms in total. The van der Waals surface area contributed by atoms with E-state index in [1.807, 2.05) is 32.0 Å². The van der Waals surface area contributed by atoms with Crippen molar-refractivity contribution in [2.24, 2.45) is 0 Å². The molecule has 0 spiro atoms. The number of hydrogen-bond acceptors (Lipinski definition) is 7. The lowest BCUT2D eigenvalue weighted by Gasteiger charge is -2.09. The third-order valence-electron chi connectivity index (χ3n) is 3.92. The minimum Gasteiger partial charge on any atom is -0.497 e. The van der Waals surface area contributed by atoms with Crippen LogP contribution in [0.15, 0.2) is 30.6 Å². The van der Waals surface area contributed by atoms with Gasteiger partial charge in [-0.1, -0.05) is 25.2 Å². The van der Waals surface area contributed by atoms with E-state index < -0.39 is 0 Å². The summed E-state index contributed by atoms with van der Waals surface area (Å²) in [4.78, 5) is 25.5. The van der Waals surface area contributed by atoms with E-state index in [0.29, 0.717) is 10.9 Å².